The first-order valence-corrected chi connectivity index (χ1v) is 6.03. The molecule has 0 aromatic heterocycles. The van der Waals surface area contributed by atoms with E-state index >= 15 is 0 Å². The molecule has 2 rings (SSSR count). The fourth-order valence-corrected chi connectivity index (χ4v) is 2.28. The number of amides is 1. The quantitative estimate of drug-likeness (QED) is 0.702. The maximum absolute atomic E-state index is 11.7. The van der Waals surface area contributed by atoms with Gasteiger partial charge in [0.1, 0.15) is 0 Å². The van der Waals surface area contributed by atoms with Crippen LogP contribution in [0.3, 0.4) is 0 Å². The van der Waals surface area contributed by atoms with Crippen molar-refractivity contribution >= 4 is 6.09 Å². The first-order valence-electron chi connectivity index (χ1n) is 6.03. The summed E-state index contributed by atoms with van der Waals surface area (Å²) in [5, 5.41) is 0. The van der Waals surface area contributed by atoms with Crippen LogP contribution in [-0.2, 0) is 4.74 Å². The van der Waals surface area contributed by atoms with Crippen LogP contribution in [0.15, 0.2) is 0 Å². The summed E-state index contributed by atoms with van der Waals surface area (Å²) in [7, 11) is 0. The number of piperidine rings is 1. The number of carbonyl (C=O) groups is 1. The molecule has 1 heterocycles. The van der Waals surface area contributed by atoms with Gasteiger partial charge in [0.05, 0.1) is 6.61 Å². The standard InChI is InChI=1S/C12H21NO2/c1-10(2)8-15-11(14)13-7-3-4-12(9-13)5-6-12/h10H,3-9H2,1-2H3. The first-order chi connectivity index (χ1) is 7.11. The van der Waals surface area contributed by atoms with E-state index in [9.17, 15) is 4.79 Å². The van der Waals surface area contributed by atoms with Crippen molar-refractivity contribution in [2.45, 2.75) is 39.5 Å². The molecule has 1 saturated heterocycles. The Morgan fingerprint density at radius 2 is 2.13 bits per heavy atom. The van der Waals surface area contributed by atoms with E-state index in [0.29, 0.717) is 17.9 Å². The second-order valence-electron chi connectivity index (χ2n) is 5.50. The molecule has 86 valence electrons. The average molecular weight is 211 g/mol. The highest BCUT2D eigenvalue weighted by molar-refractivity contribution is 5.67. The molecule has 0 unspecified atom stereocenters. The van der Waals surface area contributed by atoms with Gasteiger partial charge in [0.2, 0.25) is 0 Å². The predicted molar refractivity (Wildman–Crippen MR) is 58.7 cm³/mol. The van der Waals surface area contributed by atoms with Crippen LogP contribution in [0.1, 0.15) is 39.5 Å². The number of hydrogen-bond acceptors (Lipinski definition) is 2. The Bertz CT molecular complexity index is 246. The molecule has 0 aromatic rings. The van der Waals surface area contributed by atoms with Crippen molar-refractivity contribution in [2.24, 2.45) is 11.3 Å². The fraction of sp³-hybridized carbons (Fsp3) is 0.917. The van der Waals surface area contributed by atoms with E-state index < -0.39 is 0 Å². The minimum Gasteiger partial charge on any atom is -0.449 e. The molecule has 1 spiro atoms. The van der Waals surface area contributed by atoms with E-state index in [1.54, 1.807) is 0 Å². The Kier molecular flexibility index (Phi) is 2.89. The summed E-state index contributed by atoms with van der Waals surface area (Å²) in [4.78, 5) is 13.6. The summed E-state index contributed by atoms with van der Waals surface area (Å²) in [5.41, 5.74) is 0.495. The van der Waals surface area contributed by atoms with Gasteiger partial charge in [-0.15, -0.1) is 0 Å². The molecule has 1 aliphatic heterocycles. The van der Waals surface area contributed by atoms with Crippen LogP contribution in [0.4, 0.5) is 4.79 Å². The molecule has 0 N–H and O–H groups in total. The molecular formula is C12H21NO2. The van der Waals surface area contributed by atoms with Gasteiger partial charge in [-0.05, 0) is 37.0 Å². The van der Waals surface area contributed by atoms with Gasteiger partial charge in [-0.2, -0.15) is 0 Å². The number of hydrogen-bond donors (Lipinski definition) is 0. The summed E-state index contributed by atoms with van der Waals surface area (Å²) in [6.07, 6.45) is 4.97. The van der Waals surface area contributed by atoms with Gasteiger partial charge in [0, 0.05) is 13.1 Å². The molecule has 0 aromatic carbocycles. The Labute approximate surface area is 91.8 Å². The van der Waals surface area contributed by atoms with Gasteiger partial charge < -0.3 is 9.64 Å². The van der Waals surface area contributed by atoms with Crippen LogP contribution in [0.25, 0.3) is 0 Å². The smallest absolute Gasteiger partial charge is 0.409 e. The van der Waals surface area contributed by atoms with Gasteiger partial charge in [-0.25, -0.2) is 4.79 Å². The lowest BCUT2D eigenvalue weighted by Crippen LogP contribution is -2.41. The Balaban J connectivity index is 1.79. The summed E-state index contributed by atoms with van der Waals surface area (Å²) in [6.45, 7) is 6.49. The van der Waals surface area contributed by atoms with Gasteiger partial charge in [0.25, 0.3) is 0 Å². The minimum atomic E-state index is -0.102. The Morgan fingerprint density at radius 3 is 2.73 bits per heavy atom. The molecule has 0 radical (unpaired) electrons. The predicted octanol–water partition coefficient (Wildman–Crippen LogP) is 2.66. The zero-order valence-corrected chi connectivity index (χ0v) is 9.79. The number of ether oxygens (including phenoxy) is 1. The van der Waals surface area contributed by atoms with E-state index in [1.807, 2.05) is 4.90 Å². The first kappa shape index (κ1) is 10.8. The molecule has 3 nitrogen and oxygen atoms in total. The summed E-state index contributed by atoms with van der Waals surface area (Å²) in [6, 6.07) is 0. The van der Waals surface area contributed by atoms with Crippen LogP contribution < -0.4 is 0 Å². The minimum absolute atomic E-state index is 0.102. The zero-order valence-electron chi connectivity index (χ0n) is 9.79. The molecule has 1 amide bonds. The lowest BCUT2D eigenvalue weighted by atomic mass is 9.95. The van der Waals surface area contributed by atoms with Crippen molar-refractivity contribution in [3.05, 3.63) is 0 Å². The van der Waals surface area contributed by atoms with Crippen molar-refractivity contribution in [1.29, 1.82) is 0 Å². The second kappa shape index (κ2) is 4.03. The molecule has 2 fully saturated rings. The highest BCUT2D eigenvalue weighted by atomic mass is 16.6. The molecule has 3 heteroatoms. The largest absolute Gasteiger partial charge is 0.449 e. The van der Waals surface area contributed by atoms with Crippen LogP contribution in [0, 0.1) is 11.3 Å². The Morgan fingerprint density at radius 1 is 1.40 bits per heavy atom. The van der Waals surface area contributed by atoms with Crippen LogP contribution in [0.5, 0.6) is 0 Å². The van der Waals surface area contributed by atoms with Crippen molar-refractivity contribution in [3.63, 3.8) is 0 Å². The fourth-order valence-electron chi connectivity index (χ4n) is 2.28. The molecule has 1 aliphatic carbocycles. The topological polar surface area (TPSA) is 29.5 Å². The van der Waals surface area contributed by atoms with E-state index in [4.69, 9.17) is 4.74 Å². The van der Waals surface area contributed by atoms with Crippen LogP contribution in [0.2, 0.25) is 0 Å². The lowest BCUT2D eigenvalue weighted by Gasteiger charge is -2.32. The number of rotatable bonds is 2. The Hall–Kier alpha value is -0.730. The molecule has 15 heavy (non-hydrogen) atoms. The maximum atomic E-state index is 11.7. The van der Waals surface area contributed by atoms with Crippen LogP contribution in [-0.4, -0.2) is 30.7 Å². The molecule has 2 aliphatic rings. The highest BCUT2D eigenvalue weighted by Crippen LogP contribution is 2.52. The summed E-state index contributed by atoms with van der Waals surface area (Å²) >= 11 is 0. The van der Waals surface area contributed by atoms with Crippen LogP contribution >= 0.6 is 0 Å². The molecule has 0 bridgehead atoms. The van der Waals surface area contributed by atoms with Crippen molar-refractivity contribution in [2.75, 3.05) is 19.7 Å². The maximum Gasteiger partial charge on any atom is 0.409 e. The third-order valence-electron chi connectivity index (χ3n) is 3.42. The van der Waals surface area contributed by atoms with Gasteiger partial charge in [0.15, 0.2) is 0 Å². The van der Waals surface area contributed by atoms with E-state index in [0.717, 1.165) is 19.5 Å². The van der Waals surface area contributed by atoms with Crippen molar-refractivity contribution in [1.82, 2.24) is 4.90 Å². The number of carbonyl (C=O) groups excluding carboxylic acids is 1. The molecule has 0 atom stereocenters. The van der Waals surface area contributed by atoms with Gasteiger partial charge >= 0.3 is 6.09 Å². The van der Waals surface area contributed by atoms with E-state index in [1.165, 1.54) is 19.3 Å². The monoisotopic (exact) mass is 211 g/mol. The average Bonchev–Trinajstić information content (AvgIpc) is 2.94. The molecule has 1 saturated carbocycles. The summed E-state index contributed by atoms with van der Waals surface area (Å²) in [5.74, 6) is 0.425. The van der Waals surface area contributed by atoms with Gasteiger partial charge in [-0.1, -0.05) is 13.8 Å². The number of nitrogens with zero attached hydrogens (tertiary/aromatic N) is 1. The van der Waals surface area contributed by atoms with Crippen molar-refractivity contribution in [3.8, 4) is 0 Å². The zero-order chi connectivity index (χ0) is 10.9. The van der Waals surface area contributed by atoms with Gasteiger partial charge in [-0.3, -0.25) is 0 Å². The second-order valence-corrected chi connectivity index (χ2v) is 5.50. The van der Waals surface area contributed by atoms with E-state index in [2.05, 4.69) is 13.8 Å². The number of likely N-dealkylation sites (tertiary alicyclic amines) is 1. The third kappa shape index (κ3) is 2.64. The SMILES string of the molecule is CC(C)COC(=O)N1CCCC2(CC2)C1. The third-order valence-corrected chi connectivity index (χ3v) is 3.42. The van der Waals surface area contributed by atoms with E-state index in [-0.39, 0.29) is 6.09 Å². The van der Waals surface area contributed by atoms with Crippen molar-refractivity contribution < 1.29 is 9.53 Å². The lowest BCUT2D eigenvalue weighted by molar-refractivity contribution is 0.0726. The normalized spacial score (nSPS) is 23.3. The highest BCUT2D eigenvalue weighted by Gasteiger charge is 2.46. The summed E-state index contributed by atoms with van der Waals surface area (Å²) < 4.78 is 5.25. The molecular weight excluding hydrogens is 190 g/mol.